The highest BCUT2D eigenvalue weighted by molar-refractivity contribution is 5.48. The maximum Gasteiger partial charge on any atom is 0.130 e. The van der Waals surface area contributed by atoms with E-state index in [-0.39, 0.29) is 13.2 Å². The maximum atomic E-state index is 9.41. The van der Waals surface area contributed by atoms with E-state index in [9.17, 15) is 10.2 Å². The van der Waals surface area contributed by atoms with Crippen LogP contribution in [0.2, 0.25) is 0 Å². The van der Waals surface area contributed by atoms with Crippen LogP contribution < -0.4 is 4.74 Å². The van der Waals surface area contributed by atoms with E-state index in [1.54, 1.807) is 19.2 Å². The Morgan fingerprint density at radius 1 is 0.913 bits per heavy atom. The van der Waals surface area contributed by atoms with Gasteiger partial charge in [0.05, 0.1) is 46.2 Å². The minimum absolute atomic E-state index is 0.216. The van der Waals surface area contributed by atoms with Crippen LogP contribution in [0.4, 0.5) is 0 Å². The van der Waals surface area contributed by atoms with Crippen LogP contribution in [0.3, 0.4) is 0 Å². The van der Waals surface area contributed by atoms with Gasteiger partial charge in [0.15, 0.2) is 0 Å². The summed E-state index contributed by atoms with van der Waals surface area (Å²) in [6.45, 7) is 2.29. The summed E-state index contributed by atoms with van der Waals surface area (Å²) in [4.78, 5) is 0. The van der Waals surface area contributed by atoms with Crippen LogP contribution >= 0.6 is 0 Å². The molecule has 0 unspecified atom stereocenters. The molecule has 0 saturated heterocycles. The van der Waals surface area contributed by atoms with Crippen molar-refractivity contribution in [1.82, 2.24) is 0 Å². The molecule has 0 spiro atoms. The Morgan fingerprint density at radius 3 is 1.91 bits per heavy atom. The highest BCUT2D eigenvalue weighted by atomic mass is 16.6. The fraction of sp³-hybridized carbons (Fsp3) is 0.529. The predicted molar refractivity (Wildman–Crippen MR) is 85.2 cm³/mol. The third-order valence-corrected chi connectivity index (χ3v) is 3.03. The van der Waals surface area contributed by atoms with Gasteiger partial charge >= 0.3 is 0 Å². The van der Waals surface area contributed by atoms with Crippen molar-refractivity contribution in [3.8, 4) is 18.1 Å². The van der Waals surface area contributed by atoms with Crippen molar-refractivity contribution in [1.29, 1.82) is 0 Å². The van der Waals surface area contributed by atoms with Gasteiger partial charge in [0.2, 0.25) is 0 Å². The number of benzene rings is 1. The topological polar surface area (TPSA) is 77.4 Å². The predicted octanol–water partition coefficient (Wildman–Crippen LogP) is 0.711. The number of hydrogen-bond acceptors (Lipinski definition) is 6. The minimum Gasteiger partial charge on any atom is -0.490 e. The van der Waals surface area contributed by atoms with Crippen LogP contribution in [0.15, 0.2) is 12.1 Å². The van der Waals surface area contributed by atoms with Gasteiger partial charge in [0, 0.05) is 23.8 Å². The standard InChI is InChI=1S/C17H24O6/c1-3-14-10-15(12-18)17(16(11-14)13-19)23-9-8-22-7-6-21-5-4-20-2/h1,10-11,18-19H,4-9,12-13H2,2H3. The monoisotopic (exact) mass is 324 g/mol. The van der Waals surface area contributed by atoms with E-state index >= 15 is 0 Å². The number of aliphatic hydroxyl groups is 2. The Labute approximate surface area is 136 Å². The summed E-state index contributed by atoms with van der Waals surface area (Å²) in [5.74, 6) is 2.94. The molecule has 0 atom stereocenters. The second-order valence-corrected chi connectivity index (χ2v) is 4.65. The lowest BCUT2D eigenvalue weighted by atomic mass is 10.0. The van der Waals surface area contributed by atoms with Crippen molar-refractivity contribution < 1.29 is 29.2 Å². The second kappa shape index (κ2) is 11.9. The first kappa shape index (κ1) is 19.4. The van der Waals surface area contributed by atoms with Gasteiger partial charge in [-0.2, -0.15) is 0 Å². The molecule has 128 valence electrons. The van der Waals surface area contributed by atoms with Gasteiger partial charge in [-0.25, -0.2) is 0 Å². The summed E-state index contributed by atoms with van der Waals surface area (Å²) >= 11 is 0. The van der Waals surface area contributed by atoms with Crippen LogP contribution in [0, 0.1) is 12.3 Å². The van der Waals surface area contributed by atoms with Gasteiger partial charge in [0.25, 0.3) is 0 Å². The smallest absolute Gasteiger partial charge is 0.130 e. The van der Waals surface area contributed by atoms with E-state index in [0.29, 0.717) is 62.1 Å². The highest BCUT2D eigenvalue weighted by Gasteiger charge is 2.11. The summed E-state index contributed by atoms with van der Waals surface area (Å²) in [6.07, 6.45) is 5.35. The Kier molecular flexibility index (Phi) is 10.0. The molecule has 0 saturated carbocycles. The van der Waals surface area contributed by atoms with E-state index < -0.39 is 0 Å². The molecule has 0 amide bonds. The average Bonchev–Trinajstić information content (AvgIpc) is 2.59. The van der Waals surface area contributed by atoms with Gasteiger partial charge in [0.1, 0.15) is 12.4 Å². The maximum absolute atomic E-state index is 9.41. The van der Waals surface area contributed by atoms with E-state index in [4.69, 9.17) is 25.4 Å². The number of ether oxygens (including phenoxy) is 4. The molecule has 1 rings (SSSR count). The molecule has 23 heavy (non-hydrogen) atoms. The average molecular weight is 324 g/mol. The Hall–Kier alpha value is -1.62. The molecule has 0 aliphatic carbocycles. The second-order valence-electron chi connectivity index (χ2n) is 4.65. The number of hydrogen-bond donors (Lipinski definition) is 2. The third kappa shape index (κ3) is 6.99. The van der Waals surface area contributed by atoms with Gasteiger partial charge in [-0.3, -0.25) is 0 Å². The van der Waals surface area contributed by atoms with Crippen LogP contribution in [-0.4, -0.2) is 57.0 Å². The molecule has 1 aromatic rings. The summed E-state index contributed by atoms with van der Waals surface area (Å²) < 4.78 is 21.1. The van der Waals surface area contributed by atoms with Crippen molar-refractivity contribution >= 4 is 0 Å². The molecular formula is C17H24O6. The van der Waals surface area contributed by atoms with Crippen molar-refractivity contribution in [2.45, 2.75) is 13.2 Å². The molecule has 0 bridgehead atoms. The number of methoxy groups -OCH3 is 1. The summed E-state index contributed by atoms with van der Waals surface area (Å²) in [5.41, 5.74) is 1.69. The van der Waals surface area contributed by atoms with Crippen LogP contribution in [0.25, 0.3) is 0 Å². The fourth-order valence-corrected chi connectivity index (χ4v) is 1.92. The zero-order valence-electron chi connectivity index (χ0n) is 13.4. The van der Waals surface area contributed by atoms with Crippen molar-refractivity contribution in [2.24, 2.45) is 0 Å². The number of rotatable bonds is 12. The summed E-state index contributed by atoms with van der Waals surface area (Å²) in [6, 6.07) is 3.33. The molecule has 0 aliphatic heterocycles. The first-order valence-corrected chi connectivity index (χ1v) is 7.38. The Bertz CT molecular complexity index is 469. The lowest BCUT2D eigenvalue weighted by Crippen LogP contribution is -2.13. The molecule has 0 fully saturated rings. The van der Waals surface area contributed by atoms with E-state index in [0.717, 1.165) is 0 Å². The molecule has 1 aromatic carbocycles. The highest BCUT2D eigenvalue weighted by Crippen LogP contribution is 2.26. The van der Waals surface area contributed by atoms with Gasteiger partial charge < -0.3 is 29.2 Å². The molecule has 0 aromatic heterocycles. The van der Waals surface area contributed by atoms with E-state index in [2.05, 4.69) is 5.92 Å². The molecule has 6 heteroatoms. The zero-order chi connectivity index (χ0) is 16.9. The van der Waals surface area contributed by atoms with Crippen LogP contribution in [0.1, 0.15) is 16.7 Å². The third-order valence-electron chi connectivity index (χ3n) is 3.03. The van der Waals surface area contributed by atoms with E-state index in [1.807, 2.05) is 0 Å². The van der Waals surface area contributed by atoms with Gasteiger partial charge in [-0.1, -0.05) is 5.92 Å². The van der Waals surface area contributed by atoms with Crippen molar-refractivity contribution in [3.05, 3.63) is 28.8 Å². The molecule has 0 radical (unpaired) electrons. The zero-order valence-corrected chi connectivity index (χ0v) is 13.4. The summed E-state index contributed by atoms with van der Waals surface area (Å²) in [5, 5.41) is 18.8. The van der Waals surface area contributed by atoms with E-state index in [1.165, 1.54) is 0 Å². The fourth-order valence-electron chi connectivity index (χ4n) is 1.92. The van der Waals surface area contributed by atoms with Gasteiger partial charge in [-0.15, -0.1) is 6.42 Å². The van der Waals surface area contributed by atoms with Crippen molar-refractivity contribution in [3.63, 3.8) is 0 Å². The quantitative estimate of drug-likeness (QED) is 0.436. The molecular weight excluding hydrogens is 300 g/mol. The number of aliphatic hydroxyl groups excluding tert-OH is 2. The van der Waals surface area contributed by atoms with Gasteiger partial charge in [-0.05, 0) is 12.1 Å². The largest absolute Gasteiger partial charge is 0.490 e. The number of terminal acetylenes is 1. The lowest BCUT2D eigenvalue weighted by Gasteiger charge is -2.15. The summed E-state index contributed by atoms with van der Waals surface area (Å²) in [7, 11) is 1.62. The molecule has 6 nitrogen and oxygen atoms in total. The first-order valence-electron chi connectivity index (χ1n) is 7.38. The SMILES string of the molecule is C#Cc1cc(CO)c(OCCOCCOCCOC)c(CO)c1. The van der Waals surface area contributed by atoms with Crippen molar-refractivity contribution in [2.75, 3.05) is 46.8 Å². The van der Waals surface area contributed by atoms with Crippen LogP contribution in [0.5, 0.6) is 5.75 Å². The Balaban J connectivity index is 2.38. The Morgan fingerprint density at radius 2 is 1.43 bits per heavy atom. The molecule has 0 aliphatic rings. The normalized spacial score (nSPS) is 10.5. The first-order chi connectivity index (χ1) is 11.3. The van der Waals surface area contributed by atoms with Crippen LogP contribution in [-0.2, 0) is 27.4 Å². The lowest BCUT2D eigenvalue weighted by molar-refractivity contribution is 0.0177. The molecule has 0 heterocycles. The minimum atomic E-state index is -0.216. The molecule has 2 N–H and O–H groups in total.